The second kappa shape index (κ2) is 10.4. The Labute approximate surface area is 196 Å². The van der Waals surface area contributed by atoms with Gasteiger partial charge in [0.05, 0.1) is 26.5 Å². The first kappa shape index (κ1) is 22.6. The number of fused-ring (bicyclic) bond motifs is 1. The number of benzene rings is 3. The number of nitrogens with zero attached hydrogens (tertiary/aromatic N) is 1. The van der Waals surface area contributed by atoms with E-state index in [4.69, 9.17) is 14.2 Å². The first-order chi connectivity index (χ1) is 16.6. The van der Waals surface area contributed by atoms with E-state index in [1.54, 1.807) is 81.2 Å². The van der Waals surface area contributed by atoms with Crippen LogP contribution in [0.25, 0.3) is 10.8 Å². The normalized spacial score (nSPS) is 10.4. The number of nitrogens with one attached hydrogen (secondary N) is 2. The van der Waals surface area contributed by atoms with Gasteiger partial charge < -0.3 is 24.8 Å². The number of pyridine rings is 1. The number of para-hydroxylation sites is 2. The van der Waals surface area contributed by atoms with Gasteiger partial charge in [-0.2, -0.15) is 0 Å². The Morgan fingerprint density at radius 3 is 2.38 bits per heavy atom. The lowest BCUT2D eigenvalue weighted by Crippen LogP contribution is -2.33. The molecule has 1 aromatic heterocycles. The molecule has 0 aliphatic heterocycles. The summed E-state index contributed by atoms with van der Waals surface area (Å²) >= 11 is 0. The Balaban J connectivity index is 1.44. The van der Waals surface area contributed by atoms with Crippen molar-refractivity contribution in [1.29, 1.82) is 0 Å². The van der Waals surface area contributed by atoms with Crippen LogP contribution >= 0.6 is 0 Å². The van der Waals surface area contributed by atoms with Crippen molar-refractivity contribution in [3.8, 4) is 23.0 Å². The number of rotatable bonds is 8. The molecule has 0 saturated heterocycles. The molecular weight excluding hydrogens is 434 g/mol. The summed E-state index contributed by atoms with van der Waals surface area (Å²) in [4.78, 5) is 29.3. The van der Waals surface area contributed by atoms with E-state index in [9.17, 15) is 9.59 Å². The number of hydrogen-bond acceptors (Lipinski definition) is 6. The van der Waals surface area contributed by atoms with E-state index in [0.717, 1.165) is 10.8 Å². The molecule has 2 N–H and O–H groups in total. The van der Waals surface area contributed by atoms with Crippen LogP contribution in [0, 0.1) is 0 Å². The lowest BCUT2D eigenvalue weighted by molar-refractivity contribution is -0.115. The molecule has 172 valence electrons. The highest BCUT2D eigenvalue weighted by molar-refractivity contribution is 6.08. The summed E-state index contributed by atoms with van der Waals surface area (Å²) in [6, 6.07) is 19.4. The van der Waals surface area contributed by atoms with E-state index in [2.05, 4.69) is 15.6 Å². The Morgan fingerprint density at radius 1 is 0.882 bits per heavy atom. The van der Waals surface area contributed by atoms with Crippen molar-refractivity contribution in [2.45, 2.75) is 0 Å². The Hall–Kier alpha value is -4.59. The summed E-state index contributed by atoms with van der Waals surface area (Å²) in [6.45, 7) is -0.212. The summed E-state index contributed by atoms with van der Waals surface area (Å²) < 4.78 is 16.5. The molecule has 0 aliphatic rings. The molecule has 0 saturated carbocycles. The summed E-state index contributed by atoms with van der Waals surface area (Å²) in [5, 5.41) is 7.05. The van der Waals surface area contributed by atoms with Gasteiger partial charge >= 0.3 is 0 Å². The third-order valence-electron chi connectivity index (χ3n) is 5.05. The molecule has 34 heavy (non-hydrogen) atoms. The Morgan fingerprint density at radius 2 is 1.62 bits per heavy atom. The number of amides is 2. The number of carbonyl (C=O) groups is 2. The smallest absolute Gasteiger partial charge is 0.252 e. The predicted molar refractivity (Wildman–Crippen MR) is 129 cm³/mol. The third kappa shape index (κ3) is 5.24. The van der Waals surface area contributed by atoms with Crippen molar-refractivity contribution in [1.82, 2.24) is 10.3 Å². The maximum absolute atomic E-state index is 12.7. The molecule has 0 fully saturated rings. The van der Waals surface area contributed by atoms with E-state index in [1.165, 1.54) is 0 Å². The number of carbonyl (C=O) groups excluding carboxylic acids is 2. The average Bonchev–Trinajstić information content (AvgIpc) is 2.87. The summed E-state index contributed by atoms with van der Waals surface area (Å²) in [7, 11) is 3.10. The van der Waals surface area contributed by atoms with Crippen LogP contribution in [0.1, 0.15) is 10.4 Å². The molecule has 3 aromatic carbocycles. The first-order valence-corrected chi connectivity index (χ1v) is 10.5. The lowest BCUT2D eigenvalue weighted by atomic mass is 10.1. The van der Waals surface area contributed by atoms with Gasteiger partial charge in [-0.15, -0.1) is 0 Å². The minimum atomic E-state index is -0.397. The summed E-state index contributed by atoms with van der Waals surface area (Å²) in [5.74, 6) is 1.30. The number of ether oxygens (including phenoxy) is 3. The molecule has 0 aliphatic carbocycles. The molecule has 1 heterocycles. The minimum absolute atomic E-state index is 0.212. The van der Waals surface area contributed by atoms with Gasteiger partial charge in [0.2, 0.25) is 5.91 Å². The highest BCUT2D eigenvalue weighted by atomic mass is 16.5. The highest BCUT2D eigenvalue weighted by Gasteiger charge is 2.14. The van der Waals surface area contributed by atoms with E-state index in [0.29, 0.717) is 34.2 Å². The molecule has 8 heteroatoms. The molecule has 0 bridgehead atoms. The van der Waals surface area contributed by atoms with Crippen LogP contribution in [0.2, 0.25) is 0 Å². The van der Waals surface area contributed by atoms with Crippen LogP contribution in [0.3, 0.4) is 0 Å². The zero-order chi connectivity index (χ0) is 23.9. The van der Waals surface area contributed by atoms with Crippen molar-refractivity contribution in [3.63, 3.8) is 0 Å². The zero-order valence-corrected chi connectivity index (χ0v) is 18.7. The third-order valence-corrected chi connectivity index (χ3v) is 5.05. The Kier molecular flexibility index (Phi) is 6.88. The first-order valence-electron chi connectivity index (χ1n) is 10.5. The molecule has 0 atom stereocenters. The maximum atomic E-state index is 12.7. The van der Waals surface area contributed by atoms with Crippen molar-refractivity contribution < 1.29 is 23.8 Å². The van der Waals surface area contributed by atoms with Gasteiger partial charge in [-0.3, -0.25) is 14.6 Å². The summed E-state index contributed by atoms with van der Waals surface area (Å²) in [5.41, 5.74) is 0.909. The van der Waals surface area contributed by atoms with E-state index in [1.807, 2.05) is 12.1 Å². The molecular formula is C26H23N3O5. The monoisotopic (exact) mass is 457 g/mol. The fraction of sp³-hybridized carbons (Fsp3) is 0.115. The second-order valence-electron chi connectivity index (χ2n) is 7.28. The van der Waals surface area contributed by atoms with E-state index < -0.39 is 5.91 Å². The van der Waals surface area contributed by atoms with Crippen LogP contribution in [0.4, 0.5) is 5.69 Å². The molecule has 0 spiro atoms. The average molecular weight is 457 g/mol. The molecule has 4 rings (SSSR count). The van der Waals surface area contributed by atoms with E-state index >= 15 is 0 Å². The van der Waals surface area contributed by atoms with Crippen molar-refractivity contribution >= 4 is 28.3 Å². The van der Waals surface area contributed by atoms with Gasteiger partial charge in [-0.1, -0.05) is 24.3 Å². The van der Waals surface area contributed by atoms with Crippen LogP contribution in [0.15, 0.2) is 79.1 Å². The molecule has 0 radical (unpaired) electrons. The standard InChI is InChI=1S/C26H23N3O5/c1-32-18-12-19(33-2)14-20(13-18)34-24-9-4-3-8-23(24)29-25(30)16-28-26(31)21-7-5-6-17-10-11-27-15-22(17)21/h3-15H,16H2,1-2H3,(H,28,31)(H,29,30). The van der Waals surface area contributed by atoms with Crippen LogP contribution in [0.5, 0.6) is 23.0 Å². The van der Waals surface area contributed by atoms with Gasteiger partial charge in [0.15, 0.2) is 5.75 Å². The molecule has 8 nitrogen and oxygen atoms in total. The SMILES string of the molecule is COc1cc(OC)cc(Oc2ccccc2NC(=O)CNC(=O)c2cccc3ccncc23)c1. The number of aromatic nitrogens is 1. The van der Waals surface area contributed by atoms with Crippen LogP contribution in [-0.2, 0) is 4.79 Å². The van der Waals surface area contributed by atoms with Gasteiger partial charge in [-0.25, -0.2) is 0 Å². The van der Waals surface area contributed by atoms with Crippen LogP contribution in [-0.4, -0.2) is 37.6 Å². The molecule has 2 amide bonds. The van der Waals surface area contributed by atoms with Crippen LogP contribution < -0.4 is 24.8 Å². The fourth-order valence-corrected chi connectivity index (χ4v) is 3.39. The quantitative estimate of drug-likeness (QED) is 0.407. The van der Waals surface area contributed by atoms with Crippen molar-refractivity contribution in [2.24, 2.45) is 0 Å². The van der Waals surface area contributed by atoms with Gasteiger partial charge in [0.1, 0.15) is 17.2 Å². The number of anilines is 1. The topological polar surface area (TPSA) is 98.8 Å². The zero-order valence-electron chi connectivity index (χ0n) is 18.7. The van der Waals surface area contributed by atoms with Crippen molar-refractivity contribution in [3.05, 3.63) is 84.7 Å². The maximum Gasteiger partial charge on any atom is 0.252 e. The number of methoxy groups -OCH3 is 2. The predicted octanol–water partition coefficient (Wildman–Crippen LogP) is 4.41. The van der Waals surface area contributed by atoms with Gasteiger partial charge in [-0.05, 0) is 29.7 Å². The van der Waals surface area contributed by atoms with E-state index in [-0.39, 0.29) is 12.5 Å². The highest BCUT2D eigenvalue weighted by Crippen LogP contribution is 2.34. The largest absolute Gasteiger partial charge is 0.496 e. The fourth-order valence-electron chi connectivity index (χ4n) is 3.39. The lowest BCUT2D eigenvalue weighted by Gasteiger charge is -2.14. The second-order valence-corrected chi connectivity index (χ2v) is 7.28. The van der Waals surface area contributed by atoms with Gasteiger partial charge in [0, 0.05) is 41.5 Å². The molecule has 4 aromatic rings. The van der Waals surface area contributed by atoms with Crippen molar-refractivity contribution in [2.75, 3.05) is 26.1 Å². The Bertz CT molecular complexity index is 1310. The minimum Gasteiger partial charge on any atom is -0.496 e. The number of hydrogen-bond donors (Lipinski definition) is 2. The molecule has 0 unspecified atom stereocenters. The summed E-state index contributed by atoms with van der Waals surface area (Å²) in [6.07, 6.45) is 3.30. The van der Waals surface area contributed by atoms with Gasteiger partial charge in [0.25, 0.3) is 5.91 Å².